The second-order valence-corrected chi connectivity index (χ2v) is 4.22. The molecule has 0 bridgehead atoms. The number of hydrogen-bond acceptors (Lipinski definition) is 5. The normalized spacial score (nSPS) is 10.6. The molecule has 5 nitrogen and oxygen atoms in total. The zero-order valence-corrected chi connectivity index (χ0v) is 10.5. The van der Waals surface area contributed by atoms with Crippen molar-refractivity contribution >= 4 is 17.5 Å². The van der Waals surface area contributed by atoms with Crippen molar-refractivity contribution in [3.63, 3.8) is 0 Å². The monoisotopic (exact) mass is 265 g/mol. The van der Waals surface area contributed by atoms with Gasteiger partial charge in [0.15, 0.2) is 17.5 Å². The Bertz CT molecular complexity index is 574. The molecule has 0 aliphatic rings. The van der Waals surface area contributed by atoms with Gasteiger partial charge in [-0.2, -0.15) is 10.1 Å². The molecule has 0 radical (unpaired) electrons. The van der Waals surface area contributed by atoms with E-state index >= 15 is 0 Å². The lowest BCUT2D eigenvalue weighted by molar-refractivity contribution is 0.509. The Balaban J connectivity index is 2.16. The summed E-state index contributed by atoms with van der Waals surface area (Å²) in [6, 6.07) is 3.67. The van der Waals surface area contributed by atoms with E-state index < -0.39 is 11.6 Å². The summed E-state index contributed by atoms with van der Waals surface area (Å²) in [6.07, 6.45) is 1.40. The lowest BCUT2D eigenvalue weighted by Crippen LogP contribution is -2.13. The van der Waals surface area contributed by atoms with Crippen LogP contribution in [0.3, 0.4) is 0 Å². The molecule has 1 heterocycles. The van der Waals surface area contributed by atoms with Crippen LogP contribution in [0.5, 0.6) is 0 Å². The molecule has 0 saturated carbocycles. The molecule has 2 N–H and O–H groups in total. The summed E-state index contributed by atoms with van der Waals surface area (Å²) in [5.41, 5.74) is 0.384. The average Bonchev–Trinajstić information content (AvgIpc) is 2.33. The molecule has 0 atom stereocenters. The van der Waals surface area contributed by atoms with E-state index in [-0.39, 0.29) is 6.04 Å². The Morgan fingerprint density at radius 2 is 1.95 bits per heavy atom. The Morgan fingerprint density at radius 1 is 1.16 bits per heavy atom. The summed E-state index contributed by atoms with van der Waals surface area (Å²) in [5, 5.41) is 13.4. The van der Waals surface area contributed by atoms with Crippen LogP contribution in [0.15, 0.2) is 24.4 Å². The van der Waals surface area contributed by atoms with E-state index in [2.05, 4.69) is 25.8 Å². The summed E-state index contributed by atoms with van der Waals surface area (Å²) in [7, 11) is 0. The largest absolute Gasteiger partial charge is 0.351 e. The molecule has 0 aliphatic carbocycles. The third-order valence-electron chi connectivity index (χ3n) is 2.17. The number of aromatic nitrogens is 3. The van der Waals surface area contributed by atoms with Gasteiger partial charge in [0.25, 0.3) is 0 Å². The number of nitrogens with zero attached hydrogens (tertiary/aromatic N) is 3. The SMILES string of the molecule is CC(C)Nc1nncc(Nc2ccc(F)c(F)c2)n1. The highest BCUT2D eigenvalue weighted by Crippen LogP contribution is 2.17. The maximum absolute atomic E-state index is 13.1. The standard InChI is InChI=1S/C12H13F2N5/c1-7(2)16-12-18-11(6-15-19-12)17-8-3-4-9(13)10(14)5-8/h3-7H,1-2H3,(H2,16,17,18,19). The molecule has 0 amide bonds. The van der Waals surface area contributed by atoms with Crippen LogP contribution < -0.4 is 10.6 Å². The van der Waals surface area contributed by atoms with Crippen LogP contribution in [-0.2, 0) is 0 Å². The molecule has 1 aromatic carbocycles. The predicted octanol–water partition coefficient (Wildman–Crippen LogP) is 2.71. The Labute approximate surface area is 109 Å². The van der Waals surface area contributed by atoms with Gasteiger partial charge in [0.05, 0.1) is 6.20 Å². The molecular formula is C12H13F2N5. The number of rotatable bonds is 4. The second kappa shape index (κ2) is 5.55. The van der Waals surface area contributed by atoms with Crippen LogP contribution in [0.4, 0.5) is 26.2 Å². The molecule has 0 aliphatic heterocycles. The van der Waals surface area contributed by atoms with E-state index in [9.17, 15) is 8.78 Å². The number of hydrogen-bond donors (Lipinski definition) is 2. The molecular weight excluding hydrogens is 252 g/mol. The Morgan fingerprint density at radius 3 is 2.63 bits per heavy atom. The van der Waals surface area contributed by atoms with Gasteiger partial charge in [-0.25, -0.2) is 8.78 Å². The lowest BCUT2D eigenvalue weighted by Gasteiger charge is -2.09. The van der Waals surface area contributed by atoms with Gasteiger partial charge in [0.2, 0.25) is 5.95 Å². The summed E-state index contributed by atoms with van der Waals surface area (Å²) >= 11 is 0. The molecule has 0 saturated heterocycles. The third-order valence-corrected chi connectivity index (χ3v) is 2.17. The number of anilines is 3. The molecule has 0 spiro atoms. The minimum atomic E-state index is -0.924. The zero-order valence-electron chi connectivity index (χ0n) is 10.5. The molecule has 0 unspecified atom stereocenters. The Kier molecular flexibility index (Phi) is 3.84. The van der Waals surface area contributed by atoms with Gasteiger partial charge in [-0.05, 0) is 26.0 Å². The molecule has 100 valence electrons. The first-order valence-electron chi connectivity index (χ1n) is 5.73. The van der Waals surface area contributed by atoms with Crippen LogP contribution in [-0.4, -0.2) is 21.2 Å². The van der Waals surface area contributed by atoms with Crippen molar-refractivity contribution in [1.82, 2.24) is 15.2 Å². The van der Waals surface area contributed by atoms with Gasteiger partial charge in [-0.1, -0.05) is 0 Å². The first-order valence-corrected chi connectivity index (χ1v) is 5.73. The van der Waals surface area contributed by atoms with Crippen LogP contribution in [0, 0.1) is 11.6 Å². The van der Waals surface area contributed by atoms with Crippen LogP contribution in [0.25, 0.3) is 0 Å². The van der Waals surface area contributed by atoms with E-state index in [1.165, 1.54) is 12.3 Å². The van der Waals surface area contributed by atoms with Crippen molar-refractivity contribution in [2.45, 2.75) is 19.9 Å². The van der Waals surface area contributed by atoms with Crippen molar-refractivity contribution in [2.24, 2.45) is 0 Å². The fourth-order valence-corrected chi connectivity index (χ4v) is 1.40. The summed E-state index contributed by atoms with van der Waals surface area (Å²) in [5.74, 6) is -1.06. The highest BCUT2D eigenvalue weighted by molar-refractivity contribution is 5.56. The van der Waals surface area contributed by atoms with Gasteiger partial charge >= 0.3 is 0 Å². The van der Waals surface area contributed by atoms with Gasteiger partial charge < -0.3 is 10.6 Å². The molecule has 19 heavy (non-hydrogen) atoms. The van der Waals surface area contributed by atoms with Crippen molar-refractivity contribution in [1.29, 1.82) is 0 Å². The van der Waals surface area contributed by atoms with E-state index in [4.69, 9.17) is 0 Å². The number of nitrogens with one attached hydrogen (secondary N) is 2. The predicted molar refractivity (Wildman–Crippen MR) is 68.2 cm³/mol. The van der Waals surface area contributed by atoms with Gasteiger partial charge in [0, 0.05) is 17.8 Å². The van der Waals surface area contributed by atoms with Crippen molar-refractivity contribution in [2.75, 3.05) is 10.6 Å². The van der Waals surface area contributed by atoms with Gasteiger partial charge in [-0.3, -0.25) is 0 Å². The van der Waals surface area contributed by atoms with E-state index in [0.717, 1.165) is 12.1 Å². The van der Waals surface area contributed by atoms with Crippen LogP contribution in [0.2, 0.25) is 0 Å². The summed E-state index contributed by atoms with van der Waals surface area (Å²) < 4.78 is 25.9. The maximum atomic E-state index is 13.1. The quantitative estimate of drug-likeness (QED) is 0.890. The highest BCUT2D eigenvalue weighted by Gasteiger charge is 2.05. The molecule has 7 heteroatoms. The van der Waals surface area contributed by atoms with Crippen molar-refractivity contribution < 1.29 is 8.78 Å². The van der Waals surface area contributed by atoms with E-state index in [1.807, 2.05) is 13.8 Å². The van der Waals surface area contributed by atoms with Crippen molar-refractivity contribution in [3.8, 4) is 0 Å². The third kappa shape index (κ3) is 3.57. The first-order chi connectivity index (χ1) is 9.04. The van der Waals surface area contributed by atoms with Crippen LogP contribution in [0.1, 0.15) is 13.8 Å². The fourth-order valence-electron chi connectivity index (χ4n) is 1.40. The van der Waals surface area contributed by atoms with Crippen LogP contribution >= 0.6 is 0 Å². The number of halogens is 2. The zero-order chi connectivity index (χ0) is 13.8. The highest BCUT2D eigenvalue weighted by atomic mass is 19.2. The van der Waals surface area contributed by atoms with E-state index in [1.54, 1.807) is 0 Å². The molecule has 1 aromatic heterocycles. The minimum absolute atomic E-state index is 0.167. The lowest BCUT2D eigenvalue weighted by atomic mass is 10.3. The summed E-state index contributed by atoms with van der Waals surface area (Å²) in [4.78, 5) is 4.15. The number of benzene rings is 1. The van der Waals surface area contributed by atoms with Gasteiger partial charge in [-0.15, -0.1) is 5.10 Å². The summed E-state index contributed by atoms with van der Waals surface area (Å²) in [6.45, 7) is 3.89. The molecule has 0 fully saturated rings. The topological polar surface area (TPSA) is 62.7 Å². The minimum Gasteiger partial charge on any atom is -0.351 e. The smallest absolute Gasteiger partial charge is 0.244 e. The fraction of sp³-hybridized carbons (Fsp3) is 0.250. The van der Waals surface area contributed by atoms with Crippen molar-refractivity contribution in [3.05, 3.63) is 36.0 Å². The maximum Gasteiger partial charge on any atom is 0.244 e. The molecule has 2 aromatic rings. The van der Waals surface area contributed by atoms with Gasteiger partial charge in [0.1, 0.15) is 0 Å². The molecule has 2 rings (SSSR count). The average molecular weight is 265 g/mol. The second-order valence-electron chi connectivity index (χ2n) is 4.22. The van der Waals surface area contributed by atoms with E-state index in [0.29, 0.717) is 17.5 Å². The Hall–Kier alpha value is -2.31. The first kappa shape index (κ1) is 13.1.